The van der Waals surface area contributed by atoms with Crippen LogP contribution in [0.15, 0.2) is 0 Å². The molecule has 0 spiro atoms. The van der Waals surface area contributed by atoms with Gasteiger partial charge in [-0.2, -0.15) is 0 Å². The fourth-order valence-electron chi connectivity index (χ4n) is 1.98. The lowest BCUT2D eigenvalue weighted by atomic mass is 10.1. The summed E-state index contributed by atoms with van der Waals surface area (Å²) in [6.45, 7) is 2.21. The van der Waals surface area contributed by atoms with Gasteiger partial charge in [0.2, 0.25) is 5.91 Å². The molecule has 1 aliphatic heterocycles. The first-order valence-electron chi connectivity index (χ1n) is 4.84. The Morgan fingerprint density at radius 2 is 2.23 bits per heavy atom. The van der Waals surface area contributed by atoms with E-state index in [9.17, 15) is 9.59 Å². The minimum absolute atomic E-state index is 0.0660. The number of imide groups is 1. The molecular weight excluding hydrogens is 168 g/mol. The largest absolute Gasteiger partial charge is 0.329 e. The van der Waals surface area contributed by atoms with Gasteiger partial charge in [0.05, 0.1) is 6.54 Å². The van der Waals surface area contributed by atoms with Gasteiger partial charge in [-0.05, 0) is 25.2 Å². The van der Waals surface area contributed by atoms with E-state index < -0.39 is 0 Å². The van der Waals surface area contributed by atoms with E-state index in [-0.39, 0.29) is 24.5 Å². The predicted octanol–water partition coefficient (Wildman–Crippen LogP) is 0.727. The number of rotatable bonds is 3. The highest BCUT2D eigenvalue weighted by Crippen LogP contribution is 2.37. The van der Waals surface area contributed by atoms with Crippen molar-refractivity contribution in [3.63, 3.8) is 0 Å². The van der Waals surface area contributed by atoms with Gasteiger partial charge < -0.3 is 5.32 Å². The maximum atomic E-state index is 11.4. The third kappa shape index (κ3) is 1.41. The second-order valence-electron chi connectivity index (χ2n) is 3.74. The lowest BCUT2D eigenvalue weighted by Crippen LogP contribution is -2.41. The van der Waals surface area contributed by atoms with E-state index in [1.165, 1.54) is 4.90 Å². The van der Waals surface area contributed by atoms with Crippen molar-refractivity contribution in [2.75, 3.05) is 6.54 Å². The Bertz CT molecular complexity index is 232. The summed E-state index contributed by atoms with van der Waals surface area (Å²) in [4.78, 5) is 24.1. The second kappa shape index (κ2) is 3.01. The summed E-state index contributed by atoms with van der Waals surface area (Å²) in [5.41, 5.74) is 0. The zero-order chi connectivity index (χ0) is 9.42. The van der Waals surface area contributed by atoms with Crippen molar-refractivity contribution in [3.05, 3.63) is 0 Å². The average molecular weight is 182 g/mol. The van der Waals surface area contributed by atoms with E-state index in [1.54, 1.807) is 0 Å². The number of hydrogen-bond acceptors (Lipinski definition) is 2. The maximum absolute atomic E-state index is 11.4. The Morgan fingerprint density at radius 1 is 1.54 bits per heavy atom. The molecule has 1 saturated heterocycles. The standard InChI is InChI=1S/C9H14N2O2/c1-2-7(6-3-4-6)11-8(12)5-10-9(11)13/h6-7H,2-5H2,1H3,(H,10,13). The first-order valence-corrected chi connectivity index (χ1v) is 4.84. The van der Waals surface area contributed by atoms with E-state index in [4.69, 9.17) is 0 Å². The van der Waals surface area contributed by atoms with Crippen LogP contribution >= 0.6 is 0 Å². The van der Waals surface area contributed by atoms with E-state index >= 15 is 0 Å². The van der Waals surface area contributed by atoms with Crippen LogP contribution in [0.5, 0.6) is 0 Å². The number of carbonyl (C=O) groups is 2. The number of carbonyl (C=O) groups excluding carboxylic acids is 2. The Hall–Kier alpha value is -1.06. The molecule has 0 aromatic rings. The molecule has 1 N–H and O–H groups in total. The molecule has 4 nitrogen and oxygen atoms in total. The lowest BCUT2D eigenvalue weighted by Gasteiger charge is -2.23. The molecule has 2 aliphatic rings. The molecule has 72 valence electrons. The van der Waals surface area contributed by atoms with E-state index in [0.29, 0.717) is 5.92 Å². The summed E-state index contributed by atoms with van der Waals surface area (Å²) in [6, 6.07) is -0.0567. The maximum Gasteiger partial charge on any atom is 0.324 e. The van der Waals surface area contributed by atoms with Crippen molar-refractivity contribution in [1.82, 2.24) is 10.2 Å². The van der Waals surface area contributed by atoms with Gasteiger partial charge in [0.1, 0.15) is 0 Å². The van der Waals surface area contributed by atoms with Crippen LogP contribution in [0.2, 0.25) is 0 Å². The van der Waals surface area contributed by atoms with Crippen molar-refractivity contribution < 1.29 is 9.59 Å². The van der Waals surface area contributed by atoms with Crippen LogP contribution in [0.4, 0.5) is 4.79 Å². The topological polar surface area (TPSA) is 49.4 Å². The molecule has 0 aromatic heterocycles. The number of urea groups is 1. The number of nitrogens with one attached hydrogen (secondary N) is 1. The smallest absolute Gasteiger partial charge is 0.324 e. The fraction of sp³-hybridized carbons (Fsp3) is 0.778. The van der Waals surface area contributed by atoms with Crippen LogP contribution in [-0.2, 0) is 4.79 Å². The van der Waals surface area contributed by atoms with Gasteiger partial charge in [0.25, 0.3) is 0 Å². The molecule has 1 unspecified atom stereocenters. The highest BCUT2D eigenvalue weighted by Gasteiger charge is 2.41. The third-order valence-electron chi connectivity index (χ3n) is 2.79. The zero-order valence-electron chi connectivity index (χ0n) is 7.75. The first kappa shape index (κ1) is 8.53. The summed E-state index contributed by atoms with van der Waals surface area (Å²) in [6.07, 6.45) is 3.20. The Morgan fingerprint density at radius 3 is 2.62 bits per heavy atom. The van der Waals surface area contributed by atoms with Gasteiger partial charge in [-0.15, -0.1) is 0 Å². The summed E-state index contributed by atoms with van der Waals surface area (Å²) in [5, 5.41) is 2.55. The van der Waals surface area contributed by atoms with Gasteiger partial charge in [-0.25, -0.2) is 4.79 Å². The van der Waals surface area contributed by atoms with Crippen LogP contribution in [0.3, 0.4) is 0 Å². The van der Waals surface area contributed by atoms with Crippen molar-refractivity contribution in [2.45, 2.75) is 32.2 Å². The van der Waals surface area contributed by atoms with Crippen LogP contribution in [-0.4, -0.2) is 29.4 Å². The van der Waals surface area contributed by atoms with Gasteiger partial charge >= 0.3 is 6.03 Å². The van der Waals surface area contributed by atoms with E-state index in [1.807, 2.05) is 6.92 Å². The highest BCUT2D eigenvalue weighted by molar-refractivity contribution is 6.02. The Kier molecular flexibility index (Phi) is 1.98. The molecule has 1 atom stereocenters. The molecule has 0 bridgehead atoms. The highest BCUT2D eigenvalue weighted by atomic mass is 16.2. The third-order valence-corrected chi connectivity index (χ3v) is 2.79. The zero-order valence-corrected chi connectivity index (χ0v) is 7.75. The van der Waals surface area contributed by atoms with Crippen molar-refractivity contribution in [1.29, 1.82) is 0 Å². The van der Waals surface area contributed by atoms with E-state index in [2.05, 4.69) is 5.32 Å². The van der Waals surface area contributed by atoms with Gasteiger partial charge in [-0.3, -0.25) is 9.69 Å². The molecule has 1 aliphatic carbocycles. The van der Waals surface area contributed by atoms with Crippen LogP contribution in [0.25, 0.3) is 0 Å². The molecule has 13 heavy (non-hydrogen) atoms. The van der Waals surface area contributed by atoms with Crippen molar-refractivity contribution in [2.24, 2.45) is 5.92 Å². The summed E-state index contributed by atoms with van der Waals surface area (Å²) < 4.78 is 0. The number of nitrogens with zero attached hydrogens (tertiary/aromatic N) is 1. The molecule has 3 amide bonds. The summed E-state index contributed by atoms with van der Waals surface area (Å²) in [7, 11) is 0. The molecule has 1 saturated carbocycles. The van der Waals surface area contributed by atoms with Gasteiger partial charge in [0.15, 0.2) is 0 Å². The minimum atomic E-state index is -0.205. The van der Waals surface area contributed by atoms with Gasteiger partial charge in [-0.1, -0.05) is 6.92 Å². The van der Waals surface area contributed by atoms with Crippen molar-refractivity contribution >= 4 is 11.9 Å². The van der Waals surface area contributed by atoms with Crippen LogP contribution < -0.4 is 5.32 Å². The normalized spacial score (nSPS) is 24.8. The SMILES string of the molecule is CCC(C1CC1)N1C(=O)CNC1=O. The summed E-state index contributed by atoms with van der Waals surface area (Å²) in [5.74, 6) is 0.501. The van der Waals surface area contributed by atoms with Crippen LogP contribution in [0.1, 0.15) is 26.2 Å². The first-order chi connectivity index (χ1) is 6.24. The van der Waals surface area contributed by atoms with Crippen molar-refractivity contribution in [3.8, 4) is 0 Å². The fourth-order valence-corrected chi connectivity index (χ4v) is 1.98. The molecule has 2 fully saturated rings. The van der Waals surface area contributed by atoms with Crippen LogP contribution in [0, 0.1) is 5.92 Å². The molecule has 0 aromatic carbocycles. The number of amides is 3. The Labute approximate surface area is 77.3 Å². The number of hydrogen-bond donors (Lipinski definition) is 1. The monoisotopic (exact) mass is 182 g/mol. The Balaban J connectivity index is 2.11. The molecule has 2 rings (SSSR count). The summed E-state index contributed by atoms with van der Waals surface area (Å²) >= 11 is 0. The molecule has 4 heteroatoms. The molecular formula is C9H14N2O2. The lowest BCUT2D eigenvalue weighted by molar-refractivity contribution is -0.126. The average Bonchev–Trinajstić information content (AvgIpc) is 2.88. The minimum Gasteiger partial charge on any atom is -0.329 e. The molecule has 0 radical (unpaired) electrons. The van der Waals surface area contributed by atoms with E-state index in [0.717, 1.165) is 19.3 Å². The molecule has 1 heterocycles. The second-order valence-corrected chi connectivity index (χ2v) is 3.74. The predicted molar refractivity (Wildman–Crippen MR) is 47.0 cm³/mol. The van der Waals surface area contributed by atoms with Gasteiger partial charge in [0, 0.05) is 6.04 Å². The quantitative estimate of drug-likeness (QED) is 0.654.